The maximum Gasteiger partial charge on any atom is 0.376 e. The Morgan fingerprint density at radius 3 is 2.83 bits per heavy atom. The van der Waals surface area contributed by atoms with Gasteiger partial charge in [-0.25, -0.2) is 4.79 Å². The first-order chi connectivity index (χ1) is 8.61. The lowest BCUT2D eigenvalue weighted by atomic mass is 10.1. The Labute approximate surface area is 102 Å². The summed E-state index contributed by atoms with van der Waals surface area (Å²) >= 11 is 0. The third-order valence-corrected chi connectivity index (χ3v) is 2.32. The lowest BCUT2D eigenvalue weighted by molar-refractivity contribution is -0.146. The molecule has 0 spiro atoms. The number of hydrogen-bond acceptors (Lipinski definition) is 5. The normalized spacial score (nSPS) is 12.7. The van der Waals surface area contributed by atoms with Crippen molar-refractivity contribution in [3.8, 4) is 17.2 Å². The molecule has 2 rings (SSSR count). The van der Waals surface area contributed by atoms with Crippen molar-refractivity contribution in [3.05, 3.63) is 23.8 Å². The van der Waals surface area contributed by atoms with Gasteiger partial charge in [-0.1, -0.05) is 6.08 Å². The summed E-state index contributed by atoms with van der Waals surface area (Å²) in [6, 6.07) is 3.26. The van der Waals surface area contributed by atoms with Crippen LogP contribution < -0.4 is 14.2 Å². The van der Waals surface area contributed by atoms with Gasteiger partial charge in [-0.15, -0.1) is 0 Å². The van der Waals surface area contributed by atoms with E-state index in [4.69, 9.17) is 19.3 Å². The number of fused-ring (bicyclic) bond motifs is 1. The van der Waals surface area contributed by atoms with Crippen molar-refractivity contribution in [2.45, 2.75) is 0 Å². The highest BCUT2D eigenvalue weighted by atomic mass is 16.7. The van der Waals surface area contributed by atoms with Crippen LogP contribution in [0.5, 0.6) is 17.2 Å². The molecule has 1 aromatic rings. The topological polar surface area (TPSA) is 82.1 Å². The van der Waals surface area contributed by atoms with Gasteiger partial charge >= 0.3 is 5.97 Å². The predicted molar refractivity (Wildman–Crippen MR) is 60.8 cm³/mol. The van der Waals surface area contributed by atoms with E-state index in [1.165, 1.54) is 13.2 Å². The minimum atomic E-state index is -1.50. The zero-order valence-electron chi connectivity index (χ0n) is 9.50. The largest absolute Gasteiger partial charge is 0.493 e. The molecule has 1 N–H and O–H groups in total. The first-order valence-electron chi connectivity index (χ1n) is 5.05. The number of benzene rings is 1. The van der Waals surface area contributed by atoms with E-state index in [9.17, 15) is 9.59 Å². The molecule has 6 nitrogen and oxygen atoms in total. The Morgan fingerprint density at radius 2 is 2.17 bits per heavy atom. The summed E-state index contributed by atoms with van der Waals surface area (Å²) in [7, 11) is 1.48. The number of carboxylic acids is 1. The van der Waals surface area contributed by atoms with Gasteiger partial charge in [0.15, 0.2) is 11.5 Å². The molecule has 94 valence electrons. The molecule has 1 heterocycles. The van der Waals surface area contributed by atoms with Gasteiger partial charge in [-0.05, 0) is 23.8 Å². The van der Waals surface area contributed by atoms with E-state index < -0.39 is 11.8 Å². The van der Waals surface area contributed by atoms with Crippen LogP contribution in [0.25, 0.3) is 6.08 Å². The molecule has 1 aromatic carbocycles. The van der Waals surface area contributed by atoms with Crippen LogP contribution in [0, 0.1) is 0 Å². The standard InChI is InChI=1S/C12H10O6/c1-16-9-4-7(2-3-8(13)12(14)15)5-10-11(9)18-6-17-10/h2-5H,6H2,1H3,(H,14,15)/b3-2+. The number of carbonyl (C=O) groups is 2. The number of rotatable bonds is 4. The summed E-state index contributed by atoms with van der Waals surface area (Å²) in [6.45, 7) is 0.104. The molecule has 0 aromatic heterocycles. The van der Waals surface area contributed by atoms with Gasteiger partial charge in [-0.2, -0.15) is 0 Å². The first kappa shape index (κ1) is 12.0. The number of methoxy groups -OCH3 is 1. The van der Waals surface area contributed by atoms with Crippen LogP contribution >= 0.6 is 0 Å². The summed E-state index contributed by atoms with van der Waals surface area (Å²) in [5.41, 5.74) is 0.589. The molecule has 0 saturated heterocycles. The fraction of sp³-hybridized carbons (Fsp3) is 0.167. The van der Waals surface area contributed by atoms with Gasteiger partial charge < -0.3 is 19.3 Å². The lowest BCUT2D eigenvalue weighted by Crippen LogP contribution is -2.08. The van der Waals surface area contributed by atoms with E-state index in [2.05, 4.69) is 0 Å². The molecule has 0 unspecified atom stereocenters. The van der Waals surface area contributed by atoms with Crippen LogP contribution in [0.1, 0.15) is 5.56 Å². The molecular weight excluding hydrogens is 240 g/mol. The van der Waals surface area contributed by atoms with Crippen LogP contribution in [-0.4, -0.2) is 30.8 Å². The molecule has 0 aliphatic carbocycles. The van der Waals surface area contributed by atoms with E-state index in [1.54, 1.807) is 12.1 Å². The number of aliphatic carboxylic acids is 1. The monoisotopic (exact) mass is 250 g/mol. The predicted octanol–water partition coefficient (Wildman–Crippen LogP) is 1.09. The summed E-state index contributed by atoms with van der Waals surface area (Å²) in [5.74, 6) is -1.03. The fourth-order valence-electron chi connectivity index (χ4n) is 1.49. The molecule has 0 radical (unpaired) electrons. The maximum absolute atomic E-state index is 10.9. The minimum Gasteiger partial charge on any atom is -0.493 e. The van der Waals surface area contributed by atoms with Crippen LogP contribution in [0.3, 0.4) is 0 Å². The van der Waals surface area contributed by atoms with Gasteiger partial charge in [-0.3, -0.25) is 4.79 Å². The molecule has 1 aliphatic rings. The van der Waals surface area contributed by atoms with Crippen molar-refractivity contribution >= 4 is 17.8 Å². The number of carboxylic acid groups (broad SMARTS) is 1. The van der Waals surface area contributed by atoms with Crippen LogP contribution in [0.15, 0.2) is 18.2 Å². The molecule has 0 amide bonds. The van der Waals surface area contributed by atoms with Crippen molar-refractivity contribution in [2.75, 3.05) is 13.9 Å². The second kappa shape index (κ2) is 4.79. The van der Waals surface area contributed by atoms with Crippen molar-refractivity contribution in [1.29, 1.82) is 0 Å². The van der Waals surface area contributed by atoms with Crippen molar-refractivity contribution < 1.29 is 28.9 Å². The Bertz CT molecular complexity index is 532. The van der Waals surface area contributed by atoms with Crippen LogP contribution in [-0.2, 0) is 9.59 Å². The smallest absolute Gasteiger partial charge is 0.376 e. The van der Waals surface area contributed by atoms with Gasteiger partial charge in [0.25, 0.3) is 5.78 Å². The summed E-state index contributed by atoms with van der Waals surface area (Å²) in [4.78, 5) is 21.3. The van der Waals surface area contributed by atoms with Gasteiger partial charge in [0.05, 0.1) is 7.11 Å². The molecular formula is C12H10O6. The maximum atomic E-state index is 10.9. The van der Waals surface area contributed by atoms with E-state index in [0.29, 0.717) is 22.8 Å². The van der Waals surface area contributed by atoms with E-state index in [-0.39, 0.29) is 6.79 Å². The van der Waals surface area contributed by atoms with Gasteiger partial charge in [0, 0.05) is 0 Å². The van der Waals surface area contributed by atoms with Crippen molar-refractivity contribution in [1.82, 2.24) is 0 Å². The third-order valence-electron chi connectivity index (χ3n) is 2.32. The van der Waals surface area contributed by atoms with Gasteiger partial charge in [0.2, 0.25) is 12.5 Å². The molecule has 0 bridgehead atoms. The Kier molecular flexibility index (Phi) is 3.18. The third kappa shape index (κ3) is 2.27. The molecule has 18 heavy (non-hydrogen) atoms. The fourth-order valence-corrected chi connectivity index (χ4v) is 1.49. The minimum absolute atomic E-state index is 0.104. The second-order valence-electron chi connectivity index (χ2n) is 3.46. The molecule has 0 atom stereocenters. The van der Waals surface area contributed by atoms with Crippen molar-refractivity contribution in [3.63, 3.8) is 0 Å². The SMILES string of the molecule is COc1cc(/C=C/C(=O)C(=O)O)cc2c1OCO2. The van der Waals surface area contributed by atoms with Crippen LogP contribution in [0.2, 0.25) is 0 Å². The average Bonchev–Trinajstić information content (AvgIpc) is 2.82. The lowest BCUT2D eigenvalue weighted by Gasteiger charge is -2.05. The Balaban J connectivity index is 2.30. The summed E-state index contributed by atoms with van der Waals surface area (Å²) < 4.78 is 15.5. The van der Waals surface area contributed by atoms with Crippen molar-refractivity contribution in [2.24, 2.45) is 0 Å². The quantitative estimate of drug-likeness (QED) is 0.636. The number of ketones is 1. The highest BCUT2D eigenvalue weighted by molar-refractivity contribution is 6.38. The average molecular weight is 250 g/mol. The molecule has 1 aliphatic heterocycles. The Hall–Kier alpha value is -2.50. The van der Waals surface area contributed by atoms with Crippen LogP contribution in [0.4, 0.5) is 0 Å². The van der Waals surface area contributed by atoms with E-state index in [0.717, 1.165) is 6.08 Å². The Morgan fingerprint density at radius 1 is 1.39 bits per heavy atom. The van der Waals surface area contributed by atoms with Gasteiger partial charge in [0.1, 0.15) is 0 Å². The number of hydrogen-bond donors (Lipinski definition) is 1. The highest BCUT2D eigenvalue weighted by Gasteiger charge is 2.19. The van der Waals surface area contributed by atoms with E-state index in [1.807, 2.05) is 0 Å². The number of carbonyl (C=O) groups excluding carboxylic acids is 1. The summed E-state index contributed by atoms with van der Waals surface area (Å²) in [6.07, 6.45) is 2.35. The van der Waals surface area contributed by atoms with E-state index >= 15 is 0 Å². The zero-order chi connectivity index (χ0) is 13.1. The summed E-state index contributed by atoms with van der Waals surface area (Å²) in [5, 5.41) is 8.45. The molecule has 0 fully saturated rings. The molecule has 6 heteroatoms. The first-order valence-corrected chi connectivity index (χ1v) is 5.05. The highest BCUT2D eigenvalue weighted by Crippen LogP contribution is 2.41. The zero-order valence-corrected chi connectivity index (χ0v) is 9.50. The molecule has 0 saturated carbocycles. The number of ether oxygens (including phenoxy) is 3. The second-order valence-corrected chi connectivity index (χ2v) is 3.46.